The summed E-state index contributed by atoms with van der Waals surface area (Å²) < 4.78 is 0. The zero-order valence-corrected chi connectivity index (χ0v) is 11.9. The summed E-state index contributed by atoms with van der Waals surface area (Å²) in [5, 5.41) is 8.11. The highest BCUT2D eigenvalue weighted by molar-refractivity contribution is 7.10. The maximum atomic E-state index is 11.8. The number of carbonyl (C=O) groups is 1. The molecule has 1 unspecified atom stereocenters. The fourth-order valence-corrected chi connectivity index (χ4v) is 2.48. The van der Waals surface area contributed by atoms with E-state index in [4.69, 9.17) is 0 Å². The molecular weight excluding hydrogens is 232 g/mol. The summed E-state index contributed by atoms with van der Waals surface area (Å²) in [6.45, 7) is 7.64. The third-order valence-electron chi connectivity index (χ3n) is 2.85. The fraction of sp³-hybridized carbons (Fsp3) is 0.615. The average molecular weight is 254 g/mol. The summed E-state index contributed by atoms with van der Waals surface area (Å²) in [5.74, 6) is 0.128. The topological polar surface area (TPSA) is 41.1 Å². The van der Waals surface area contributed by atoms with Crippen LogP contribution in [-0.4, -0.2) is 26.0 Å². The van der Waals surface area contributed by atoms with Crippen molar-refractivity contribution >= 4 is 17.2 Å². The van der Waals surface area contributed by atoms with E-state index in [-0.39, 0.29) is 17.2 Å². The van der Waals surface area contributed by atoms with Crippen LogP contribution in [0.3, 0.4) is 0 Å². The van der Waals surface area contributed by atoms with E-state index < -0.39 is 0 Å². The van der Waals surface area contributed by atoms with Gasteiger partial charge in [0.2, 0.25) is 5.91 Å². The Labute approximate surface area is 108 Å². The minimum atomic E-state index is 0.00316. The van der Waals surface area contributed by atoms with Crippen molar-refractivity contribution in [3.05, 3.63) is 22.4 Å². The number of rotatable bonds is 6. The molecule has 1 atom stereocenters. The van der Waals surface area contributed by atoms with E-state index >= 15 is 0 Å². The van der Waals surface area contributed by atoms with Crippen molar-refractivity contribution in [2.45, 2.75) is 26.2 Å². The Morgan fingerprint density at radius 2 is 2.24 bits per heavy atom. The van der Waals surface area contributed by atoms with E-state index in [2.05, 4.69) is 35.9 Å². The van der Waals surface area contributed by atoms with Crippen molar-refractivity contribution in [1.29, 1.82) is 0 Å². The molecule has 0 fully saturated rings. The van der Waals surface area contributed by atoms with Gasteiger partial charge in [-0.3, -0.25) is 4.79 Å². The molecule has 1 aromatic heterocycles. The SMILES string of the molecule is CNCC(C)C(=O)NCC(C)(C)c1cccs1. The van der Waals surface area contributed by atoms with E-state index in [1.165, 1.54) is 4.88 Å². The second-order valence-corrected chi connectivity index (χ2v) is 5.99. The summed E-state index contributed by atoms with van der Waals surface area (Å²) >= 11 is 1.74. The number of amides is 1. The Balaban J connectivity index is 2.47. The first-order valence-electron chi connectivity index (χ1n) is 5.93. The lowest BCUT2D eigenvalue weighted by molar-refractivity contribution is -0.124. The molecule has 1 amide bonds. The van der Waals surface area contributed by atoms with Crippen LogP contribution in [0, 0.1) is 5.92 Å². The molecule has 0 saturated carbocycles. The molecular formula is C13H22N2OS. The highest BCUT2D eigenvalue weighted by Crippen LogP contribution is 2.26. The fourth-order valence-electron chi connectivity index (χ4n) is 1.63. The van der Waals surface area contributed by atoms with Crippen molar-refractivity contribution in [2.75, 3.05) is 20.1 Å². The summed E-state index contributed by atoms with van der Waals surface area (Å²) in [4.78, 5) is 13.1. The molecule has 0 saturated heterocycles. The first-order valence-corrected chi connectivity index (χ1v) is 6.81. The van der Waals surface area contributed by atoms with Gasteiger partial charge >= 0.3 is 0 Å². The maximum absolute atomic E-state index is 11.8. The van der Waals surface area contributed by atoms with Crippen LogP contribution in [0.15, 0.2) is 17.5 Å². The van der Waals surface area contributed by atoms with Gasteiger partial charge in [-0.2, -0.15) is 0 Å². The molecule has 0 aliphatic rings. The van der Waals surface area contributed by atoms with Crippen molar-refractivity contribution in [3.8, 4) is 0 Å². The first kappa shape index (κ1) is 14.2. The van der Waals surface area contributed by atoms with Crippen molar-refractivity contribution in [1.82, 2.24) is 10.6 Å². The third-order valence-corrected chi connectivity index (χ3v) is 4.09. The van der Waals surface area contributed by atoms with E-state index in [0.717, 1.165) is 0 Å². The molecule has 1 rings (SSSR count). The van der Waals surface area contributed by atoms with Gasteiger partial charge in [-0.25, -0.2) is 0 Å². The van der Waals surface area contributed by atoms with Gasteiger partial charge in [0.25, 0.3) is 0 Å². The predicted molar refractivity (Wildman–Crippen MR) is 73.4 cm³/mol. The van der Waals surface area contributed by atoms with Crippen LogP contribution in [-0.2, 0) is 10.2 Å². The molecule has 0 bridgehead atoms. The molecule has 4 heteroatoms. The Morgan fingerprint density at radius 3 is 2.76 bits per heavy atom. The smallest absolute Gasteiger partial charge is 0.224 e. The Bertz CT molecular complexity index is 346. The molecule has 3 nitrogen and oxygen atoms in total. The highest BCUT2D eigenvalue weighted by atomic mass is 32.1. The molecule has 0 aliphatic carbocycles. The summed E-state index contributed by atoms with van der Waals surface area (Å²) in [5.41, 5.74) is 0.00316. The molecule has 1 aromatic rings. The number of thiophene rings is 1. The maximum Gasteiger partial charge on any atom is 0.224 e. The van der Waals surface area contributed by atoms with Gasteiger partial charge < -0.3 is 10.6 Å². The van der Waals surface area contributed by atoms with Gasteiger partial charge in [-0.05, 0) is 18.5 Å². The van der Waals surface area contributed by atoms with Crippen molar-refractivity contribution in [2.24, 2.45) is 5.92 Å². The van der Waals surface area contributed by atoms with Gasteiger partial charge in [0, 0.05) is 29.3 Å². The highest BCUT2D eigenvalue weighted by Gasteiger charge is 2.23. The minimum absolute atomic E-state index is 0.00316. The summed E-state index contributed by atoms with van der Waals surface area (Å²) in [6, 6.07) is 4.17. The summed E-state index contributed by atoms with van der Waals surface area (Å²) in [7, 11) is 1.86. The largest absolute Gasteiger partial charge is 0.355 e. The quantitative estimate of drug-likeness (QED) is 0.815. The zero-order valence-electron chi connectivity index (χ0n) is 11.0. The molecule has 96 valence electrons. The zero-order chi connectivity index (χ0) is 12.9. The van der Waals surface area contributed by atoms with E-state index in [0.29, 0.717) is 13.1 Å². The monoisotopic (exact) mass is 254 g/mol. The number of nitrogens with one attached hydrogen (secondary N) is 2. The second-order valence-electron chi connectivity index (χ2n) is 5.04. The lowest BCUT2D eigenvalue weighted by atomic mass is 9.91. The first-order chi connectivity index (χ1) is 7.97. The minimum Gasteiger partial charge on any atom is -0.355 e. The lowest BCUT2D eigenvalue weighted by Gasteiger charge is -2.24. The number of hydrogen-bond acceptors (Lipinski definition) is 3. The van der Waals surface area contributed by atoms with Crippen LogP contribution in [0.4, 0.5) is 0 Å². The molecule has 0 radical (unpaired) electrons. The normalized spacial score (nSPS) is 13.4. The van der Waals surface area contributed by atoms with E-state index in [9.17, 15) is 4.79 Å². The number of carbonyl (C=O) groups excluding carboxylic acids is 1. The third kappa shape index (κ3) is 4.13. The van der Waals surface area contributed by atoms with Crippen molar-refractivity contribution in [3.63, 3.8) is 0 Å². The van der Waals surface area contributed by atoms with E-state index in [1.54, 1.807) is 11.3 Å². The molecule has 0 spiro atoms. The van der Waals surface area contributed by atoms with E-state index in [1.807, 2.05) is 20.0 Å². The molecule has 0 aliphatic heterocycles. The van der Waals surface area contributed by atoms with Crippen LogP contribution in [0.1, 0.15) is 25.6 Å². The van der Waals surface area contributed by atoms with Crippen LogP contribution in [0.2, 0.25) is 0 Å². The van der Waals surface area contributed by atoms with Crippen LogP contribution in [0.5, 0.6) is 0 Å². The van der Waals surface area contributed by atoms with Gasteiger partial charge in [-0.15, -0.1) is 11.3 Å². The van der Waals surface area contributed by atoms with Crippen molar-refractivity contribution < 1.29 is 4.79 Å². The lowest BCUT2D eigenvalue weighted by Crippen LogP contribution is -2.40. The number of hydrogen-bond donors (Lipinski definition) is 2. The Morgan fingerprint density at radius 1 is 1.53 bits per heavy atom. The Kier molecular flexibility index (Phi) is 5.15. The van der Waals surface area contributed by atoms with Gasteiger partial charge in [0.15, 0.2) is 0 Å². The van der Waals surface area contributed by atoms with Crippen LogP contribution >= 0.6 is 11.3 Å². The molecule has 1 heterocycles. The summed E-state index contributed by atoms with van der Waals surface area (Å²) in [6.07, 6.45) is 0. The average Bonchev–Trinajstić information content (AvgIpc) is 2.80. The standard InChI is InChI=1S/C13H22N2OS/c1-10(8-14-4)12(16)15-9-13(2,3)11-6-5-7-17-11/h5-7,10,14H,8-9H2,1-4H3,(H,15,16). The molecule has 2 N–H and O–H groups in total. The van der Waals surface area contributed by atoms with Crippen LogP contribution in [0.25, 0.3) is 0 Å². The molecule has 0 aromatic carbocycles. The molecule has 17 heavy (non-hydrogen) atoms. The van der Waals surface area contributed by atoms with Gasteiger partial charge in [0.1, 0.15) is 0 Å². The van der Waals surface area contributed by atoms with Gasteiger partial charge in [-0.1, -0.05) is 26.8 Å². The van der Waals surface area contributed by atoms with Gasteiger partial charge in [0.05, 0.1) is 0 Å². The second kappa shape index (κ2) is 6.17. The predicted octanol–water partition coefficient (Wildman–Crippen LogP) is 2.00. The van der Waals surface area contributed by atoms with Crippen LogP contribution < -0.4 is 10.6 Å². The Hall–Kier alpha value is -0.870.